The summed E-state index contributed by atoms with van der Waals surface area (Å²) in [5, 5.41) is 8.35. The average molecular weight is 443 g/mol. The Morgan fingerprint density at radius 2 is 1.88 bits per heavy atom. The van der Waals surface area contributed by atoms with Crippen LogP contribution >= 0.6 is 0 Å². The molecular formula is C28H34N4O. The zero-order chi connectivity index (χ0) is 22.5. The van der Waals surface area contributed by atoms with Crippen LogP contribution in [0.4, 0.5) is 5.69 Å². The minimum atomic E-state index is 0.140. The first-order chi connectivity index (χ1) is 16.3. The summed E-state index contributed by atoms with van der Waals surface area (Å²) >= 11 is 0. The second-order valence-electron chi connectivity index (χ2n) is 9.43. The van der Waals surface area contributed by atoms with Crippen LogP contribution in [-0.4, -0.2) is 48.5 Å². The van der Waals surface area contributed by atoms with Gasteiger partial charge in [-0.2, -0.15) is 0 Å². The van der Waals surface area contributed by atoms with Crippen molar-refractivity contribution in [2.75, 3.05) is 38.0 Å². The van der Waals surface area contributed by atoms with E-state index in [1.807, 2.05) is 35.2 Å². The molecule has 2 fully saturated rings. The molecule has 1 unspecified atom stereocenters. The summed E-state index contributed by atoms with van der Waals surface area (Å²) < 4.78 is 0. The van der Waals surface area contributed by atoms with Gasteiger partial charge in [0.15, 0.2) is 0 Å². The van der Waals surface area contributed by atoms with Gasteiger partial charge in [0.05, 0.1) is 11.2 Å². The standard InChI is InChI=1S/C28H34N4O/c33-28(32-17-3-4-18-32)23-13-11-22(12-14-23)26-19-27(24-9-1-2-10-25(24)31-26)30-16-6-8-21-7-5-15-29-20-21/h1-2,9-14,19,21,29H,3-8,15-18,20H2,(H,30,31). The van der Waals surface area contributed by atoms with Crippen LogP contribution in [0.3, 0.4) is 0 Å². The molecule has 1 aromatic heterocycles. The van der Waals surface area contributed by atoms with Gasteiger partial charge in [-0.05, 0) is 81.8 Å². The number of amides is 1. The summed E-state index contributed by atoms with van der Waals surface area (Å²) in [6.45, 7) is 5.05. The Morgan fingerprint density at radius 3 is 2.67 bits per heavy atom. The van der Waals surface area contributed by atoms with Crippen molar-refractivity contribution in [1.29, 1.82) is 0 Å². The predicted molar refractivity (Wildman–Crippen MR) is 136 cm³/mol. The van der Waals surface area contributed by atoms with Gasteiger partial charge in [0.2, 0.25) is 0 Å². The number of benzene rings is 2. The molecular weight excluding hydrogens is 408 g/mol. The van der Waals surface area contributed by atoms with E-state index in [1.54, 1.807) is 0 Å². The number of fused-ring (bicyclic) bond motifs is 1. The largest absolute Gasteiger partial charge is 0.384 e. The number of carbonyl (C=O) groups excluding carboxylic acids is 1. The Bertz CT molecular complexity index is 1080. The summed E-state index contributed by atoms with van der Waals surface area (Å²) in [5.41, 5.74) is 4.86. The minimum Gasteiger partial charge on any atom is -0.384 e. The number of para-hydroxylation sites is 1. The molecule has 2 aliphatic rings. The van der Waals surface area contributed by atoms with Crippen LogP contribution in [-0.2, 0) is 0 Å². The highest BCUT2D eigenvalue weighted by atomic mass is 16.2. The second kappa shape index (κ2) is 10.3. The molecule has 0 spiro atoms. The van der Waals surface area contributed by atoms with Crippen LogP contribution < -0.4 is 10.6 Å². The van der Waals surface area contributed by atoms with Gasteiger partial charge < -0.3 is 15.5 Å². The topological polar surface area (TPSA) is 57.3 Å². The van der Waals surface area contributed by atoms with E-state index in [1.165, 1.54) is 38.8 Å². The van der Waals surface area contributed by atoms with Crippen molar-refractivity contribution in [3.8, 4) is 11.3 Å². The highest BCUT2D eigenvalue weighted by Crippen LogP contribution is 2.29. The third-order valence-electron chi connectivity index (χ3n) is 7.04. The number of nitrogens with one attached hydrogen (secondary N) is 2. The molecule has 3 heterocycles. The van der Waals surface area contributed by atoms with Crippen LogP contribution in [0.1, 0.15) is 48.9 Å². The molecule has 1 atom stereocenters. The monoisotopic (exact) mass is 442 g/mol. The maximum Gasteiger partial charge on any atom is 0.253 e. The van der Waals surface area contributed by atoms with E-state index in [0.717, 1.165) is 71.8 Å². The molecule has 0 bridgehead atoms. The van der Waals surface area contributed by atoms with Gasteiger partial charge >= 0.3 is 0 Å². The minimum absolute atomic E-state index is 0.140. The van der Waals surface area contributed by atoms with Crippen LogP contribution in [0, 0.1) is 5.92 Å². The molecule has 33 heavy (non-hydrogen) atoms. The molecule has 3 aromatic rings. The summed E-state index contributed by atoms with van der Waals surface area (Å²) in [6, 6.07) is 18.4. The van der Waals surface area contributed by atoms with Gasteiger partial charge in [0.25, 0.3) is 5.91 Å². The van der Waals surface area contributed by atoms with E-state index in [0.29, 0.717) is 0 Å². The van der Waals surface area contributed by atoms with E-state index >= 15 is 0 Å². The molecule has 0 aliphatic carbocycles. The molecule has 5 nitrogen and oxygen atoms in total. The smallest absolute Gasteiger partial charge is 0.253 e. The molecule has 172 valence electrons. The Balaban J connectivity index is 1.31. The van der Waals surface area contributed by atoms with Crippen molar-refractivity contribution in [1.82, 2.24) is 15.2 Å². The zero-order valence-corrected chi connectivity index (χ0v) is 19.4. The van der Waals surface area contributed by atoms with Crippen LogP contribution in [0.5, 0.6) is 0 Å². The number of pyridine rings is 1. The number of carbonyl (C=O) groups is 1. The molecule has 0 saturated carbocycles. The van der Waals surface area contributed by atoms with E-state index < -0.39 is 0 Å². The van der Waals surface area contributed by atoms with Gasteiger partial charge in [0, 0.05) is 41.8 Å². The van der Waals surface area contributed by atoms with E-state index in [9.17, 15) is 4.79 Å². The number of piperidine rings is 1. The molecule has 5 heteroatoms. The summed E-state index contributed by atoms with van der Waals surface area (Å²) in [7, 11) is 0. The number of likely N-dealkylation sites (tertiary alicyclic amines) is 1. The van der Waals surface area contributed by atoms with Gasteiger partial charge in [-0.15, -0.1) is 0 Å². The summed E-state index contributed by atoms with van der Waals surface area (Å²) in [6.07, 6.45) is 7.31. The summed E-state index contributed by atoms with van der Waals surface area (Å²) in [5.74, 6) is 0.952. The van der Waals surface area contributed by atoms with Crippen LogP contribution in [0.25, 0.3) is 22.2 Å². The second-order valence-corrected chi connectivity index (χ2v) is 9.43. The van der Waals surface area contributed by atoms with Crippen molar-refractivity contribution in [3.05, 3.63) is 60.2 Å². The van der Waals surface area contributed by atoms with Gasteiger partial charge in [-0.3, -0.25) is 4.79 Å². The van der Waals surface area contributed by atoms with Crippen LogP contribution in [0.2, 0.25) is 0 Å². The zero-order valence-electron chi connectivity index (χ0n) is 19.4. The van der Waals surface area contributed by atoms with E-state index in [2.05, 4.69) is 34.9 Å². The fourth-order valence-corrected chi connectivity index (χ4v) is 5.14. The lowest BCUT2D eigenvalue weighted by atomic mass is 9.95. The fraction of sp³-hybridized carbons (Fsp3) is 0.429. The molecule has 2 aromatic carbocycles. The molecule has 5 rings (SSSR count). The van der Waals surface area contributed by atoms with Crippen molar-refractivity contribution in [3.63, 3.8) is 0 Å². The Hall–Kier alpha value is -2.92. The number of rotatable bonds is 7. The van der Waals surface area contributed by atoms with E-state index in [4.69, 9.17) is 4.98 Å². The quantitative estimate of drug-likeness (QED) is 0.486. The SMILES string of the molecule is O=C(c1ccc(-c2cc(NCCCC3CCCNC3)c3ccccc3n2)cc1)N1CCCC1. The van der Waals surface area contributed by atoms with Gasteiger partial charge in [-0.25, -0.2) is 4.98 Å². The maximum absolute atomic E-state index is 12.7. The number of hydrogen-bond acceptors (Lipinski definition) is 4. The first-order valence-corrected chi connectivity index (χ1v) is 12.5. The molecule has 2 saturated heterocycles. The lowest BCUT2D eigenvalue weighted by Gasteiger charge is -2.22. The third-order valence-corrected chi connectivity index (χ3v) is 7.04. The Labute approximate surface area is 196 Å². The molecule has 2 N–H and O–H groups in total. The van der Waals surface area contributed by atoms with Gasteiger partial charge in [-0.1, -0.05) is 30.3 Å². The number of nitrogens with zero attached hydrogens (tertiary/aromatic N) is 2. The number of anilines is 1. The first-order valence-electron chi connectivity index (χ1n) is 12.5. The lowest BCUT2D eigenvalue weighted by Crippen LogP contribution is -2.29. The Kier molecular flexibility index (Phi) is 6.87. The summed E-state index contributed by atoms with van der Waals surface area (Å²) in [4.78, 5) is 19.6. The predicted octanol–water partition coefficient (Wildman–Crippen LogP) is 5.33. The first kappa shape index (κ1) is 21.9. The fourth-order valence-electron chi connectivity index (χ4n) is 5.14. The van der Waals surface area contributed by atoms with Crippen LogP contribution in [0.15, 0.2) is 54.6 Å². The highest BCUT2D eigenvalue weighted by molar-refractivity contribution is 5.96. The van der Waals surface area contributed by atoms with Gasteiger partial charge in [0.1, 0.15) is 0 Å². The third kappa shape index (κ3) is 5.19. The number of hydrogen-bond donors (Lipinski definition) is 2. The highest BCUT2D eigenvalue weighted by Gasteiger charge is 2.19. The molecule has 1 amide bonds. The van der Waals surface area contributed by atoms with Crippen molar-refractivity contribution >= 4 is 22.5 Å². The molecule has 2 aliphatic heterocycles. The number of aromatic nitrogens is 1. The average Bonchev–Trinajstić information content (AvgIpc) is 3.42. The molecule has 0 radical (unpaired) electrons. The van der Waals surface area contributed by atoms with Crippen molar-refractivity contribution < 1.29 is 4.79 Å². The van der Waals surface area contributed by atoms with Crippen molar-refractivity contribution in [2.45, 2.75) is 38.5 Å². The lowest BCUT2D eigenvalue weighted by molar-refractivity contribution is 0.0793. The normalized spacial score (nSPS) is 18.5. The van der Waals surface area contributed by atoms with E-state index in [-0.39, 0.29) is 5.91 Å². The van der Waals surface area contributed by atoms with Crippen molar-refractivity contribution in [2.24, 2.45) is 5.92 Å². The Morgan fingerprint density at radius 1 is 1.06 bits per heavy atom. The maximum atomic E-state index is 12.7.